The van der Waals surface area contributed by atoms with Gasteiger partial charge in [0.15, 0.2) is 6.29 Å². The van der Waals surface area contributed by atoms with Crippen molar-refractivity contribution in [2.75, 3.05) is 6.61 Å². The molecule has 5 nitrogen and oxygen atoms in total. The van der Waals surface area contributed by atoms with Gasteiger partial charge in [0.25, 0.3) is 0 Å². The lowest BCUT2D eigenvalue weighted by Crippen LogP contribution is -2.54. The first-order valence-electron chi connectivity index (χ1n) is 3.88. The molecule has 1 aliphatic rings. The Bertz CT molecular complexity index is 146. The molecule has 0 spiro atoms. The molecule has 0 aromatic carbocycles. The number of hydrogen-bond donors (Lipinski definition) is 4. The molecule has 5 heteroatoms. The quantitative estimate of drug-likeness (QED) is 0.375. The van der Waals surface area contributed by atoms with Crippen LogP contribution >= 0.6 is 0 Å². The summed E-state index contributed by atoms with van der Waals surface area (Å²) in [5, 5.41) is 36.4. The molecule has 1 saturated heterocycles. The van der Waals surface area contributed by atoms with Crippen molar-refractivity contribution in [1.29, 1.82) is 0 Å². The zero-order chi connectivity index (χ0) is 9.30. The summed E-state index contributed by atoms with van der Waals surface area (Å²) in [6.07, 6.45) is -4.20. The van der Waals surface area contributed by atoms with Crippen LogP contribution in [0, 0.1) is 5.92 Å². The monoisotopic (exact) mass is 178 g/mol. The normalized spacial score (nSPS) is 49.2. The molecule has 0 aromatic rings. The van der Waals surface area contributed by atoms with Crippen LogP contribution in [0.4, 0.5) is 0 Å². The largest absolute Gasteiger partial charge is 0.394 e. The van der Waals surface area contributed by atoms with Crippen LogP contribution < -0.4 is 0 Å². The van der Waals surface area contributed by atoms with Gasteiger partial charge in [-0.25, -0.2) is 0 Å². The number of aliphatic hydroxyl groups excluding tert-OH is 4. The Morgan fingerprint density at radius 2 is 1.75 bits per heavy atom. The van der Waals surface area contributed by atoms with Crippen molar-refractivity contribution in [2.24, 2.45) is 5.92 Å². The third-order valence-corrected chi connectivity index (χ3v) is 2.21. The van der Waals surface area contributed by atoms with Crippen molar-refractivity contribution >= 4 is 0 Å². The average molecular weight is 178 g/mol. The van der Waals surface area contributed by atoms with Crippen LogP contribution in [0.5, 0.6) is 0 Å². The Morgan fingerprint density at radius 1 is 1.17 bits per heavy atom. The maximum absolute atomic E-state index is 9.32. The fourth-order valence-electron chi connectivity index (χ4n) is 1.23. The van der Waals surface area contributed by atoms with E-state index in [-0.39, 0.29) is 0 Å². The molecule has 0 saturated carbocycles. The lowest BCUT2D eigenvalue weighted by atomic mass is 9.93. The van der Waals surface area contributed by atoms with Gasteiger partial charge < -0.3 is 25.2 Å². The molecule has 72 valence electrons. The zero-order valence-corrected chi connectivity index (χ0v) is 6.79. The smallest absolute Gasteiger partial charge is 0.160 e. The van der Waals surface area contributed by atoms with Crippen LogP contribution in [0.1, 0.15) is 6.92 Å². The van der Waals surface area contributed by atoms with Gasteiger partial charge in [-0.15, -0.1) is 0 Å². The molecule has 1 fully saturated rings. The highest BCUT2D eigenvalue weighted by atomic mass is 16.6. The zero-order valence-electron chi connectivity index (χ0n) is 6.79. The van der Waals surface area contributed by atoms with Crippen molar-refractivity contribution in [1.82, 2.24) is 0 Å². The van der Waals surface area contributed by atoms with E-state index in [0.29, 0.717) is 0 Å². The first-order valence-corrected chi connectivity index (χ1v) is 3.88. The van der Waals surface area contributed by atoms with Crippen LogP contribution in [-0.2, 0) is 4.74 Å². The van der Waals surface area contributed by atoms with Crippen molar-refractivity contribution in [3.63, 3.8) is 0 Å². The predicted octanol–water partition coefficient (Wildman–Crippen LogP) is -1.95. The van der Waals surface area contributed by atoms with Crippen LogP contribution in [-0.4, -0.2) is 51.6 Å². The predicted molar refractivity (Wildman–Crippen MR) is 39.1 cm³/mol. The molecule has 0 aliphatic carbocycles. The molecular formula is C7H14O5. The van der Waals surface area contributed by atoms with Gasteiger partial charge in [-0.3, -0.25) is 0 Å². The fraction of sp³-hybridized carbons (Fsp3) is 1.00. The molecule has 12 heavy (non-hydrogen) atoms. The second kappa shape index (κ2) is 3.68. The molecule has 5 atom stereocenters. The summed E-state index contributed by atoms with van der Waals surface area (Å²) in [6, 6.07) is 0. The van der Waals surface area contributed by atoms with E-state index in [1.807, 2.05) is 0 Å². The van der Waals surface area contributed by atoms with Crippen molar-refractivity contribution in [3.8, 4) is 0 Å². The molecule has 0 bridgehead atoms. The second-order valence-electron chi connectivity index (χ2n) is 3.09. The highest BCUT2D eigenvalue weighted by molar-refractivity contribution is 4.86. The molecule has 0 aromatic heterocycles. The molecular weight excluding hydrogens is 164 g/mol. The third-order valence-electron chi connectivity index (χ3n) is 2.21. The van der Waals surface area contributed by atoms with E-state index < -0.39 is 37.1 Å². The third kappa shape index (κ3) is 1.60. The number of hydrogen-bond acceptors (Lipinski definition) is 5. The van der Waals surface area contributed by atoms with Crippen molar-refractivity contribution in [3.05, 3.63) is 0 Å². The highest BCUT2D eigenvalue weighted by Crippen LogP contribution is 2.23. The van der Waals surface area contributed by atoms with Crippen LogP contribution in [0.3, 0.4) is 0 Å². The van der Waals surface area contributed by atoms with E-state index in [1.165, 1.54) is 0 Å². The summed E-state index contributed by atoms with van der Waals surface area (Å²) in [4.78, 5) is 0. The van der Waals surface area contributed by atoms with Gasteiger partial charge in [0.2, 0.25) is 0 Å². The van der Waals surface area contributed by atoms with Gasteiger partial charge in [0.1, 0.15) is 12.2 Å². The lowest BCUT2D eigenvalue weighted by molar-refractivity contribution is -0.266. The Labute approximate surface area is 70.2 Å². The maximum atomic E-state index is 9.32. The minimum Gasteiger partial charge on any atom is -0.394 e. The van der Waals surface area contributed by atoms with Crippen LogP contribution in [0.15, 0.2) is 0 Å². The van der Waals surface area contributed by atoms with Gasteiger partial charge in [-0.05, 0) is 0 Å². The van der Waals surface area contributed by atoms with E-state index in [0.717, 1.165) is 0 Å². The summed E-state index contributed by atoms with van der Waals surface area (Å²) >= 11 is 0. The molecule has 4 N–H and O–H groups in total. The van der Waals surface area contributed by atoms with Crippen LogP contribution in [0.2, 0.25) is 0 Å². The molecule has 0 radical (unpaired) electrons. The number of ether oxygens (including phenoxy) is 1. The van der Waals surface area contributed by atoms with Crippen molar-refractivity contribution in [2.45, 2.75) is 31.5 Å². The van der Waals surface area contributed by atoms with Gasteiger partial charge in [0.05, 0.1) is 12.7 Å². The molecule has 1 rings (SSSR count). The maximum Gasteiger partial charge on any atom is 0.160 e. The summed E-state index contributed by atoms with van der Waals surface area (Å²) in [5.74, 6) is -0.539. The fourth-order valence-corrected chi connectivity index (χ4v) is 1.23. The molecule has 0 amide bonds. The summed E-state index contributed by atoms with van der Waals surface area (Å²) in [7, 11) is 0. The van der Waals surface area contributed by atoms with Gasteiger partial charge >= 0.3 is 0 Å². The Hall–Kier alpha value is -0.200. The molecule has 1 heterocycles. The minimum atomic E-state index is -1.13. The van der Waals surface area contributed by atoms with Crippen LogP contribution in [0.25, 0.3) is 0 Å². The Balaban J connectivity index is 2.63. The van der Waals surface area contributed by atoms with E-state index in [4.69, 9.17) is 14.9 Å². The van der Waals surface area contributed by atoms with E-state index >= 15 is 0 Å². The first kappa shape index (κ1) is 9.88. The second-order valence-corrected chi connectivity index (χ2v) is 3.09. The van der Waals surface area contributed by atoms with Crippen molar-refractivity contribution < 1.29 is 25.2 Å². The van der Waals surface area contributed by atoms with Gasteiger partial charge in [-0.1, -0.05) is 6.92 Å². The lowest BCUT2D eigenvalue weighted by Gasteiger charge is -2.38. The SMILES string of the molecule is C[C@H]1C(O)[C@@H](O)C(CO)O[C@H]1O. The topological polar surface area (TPSA) is 90.2 Å². The number of aliphatic hydroxyl groups is 4. The molecule has 2 unspecified atom stereocenters. The Morgan fingerprint density at radius 3 is 2.25 bits per heavy atom. The average Bonchev–Trinajstić information content (AvgIpc) is 2.08. The summed E-state index contributed by atoms with van der Waals surface area (Å²) in [6.45, 7) is 1.15. The standard InChI is InChI=1S/C7H14O5/c1-3-5(9)6(10)4(2-8)12-7(3)11/h3-11H,2H2,1H3/t3-,4?,5?,6-,7+/m0/s1. The minimum absolute atomic E-state index is 0.415. The Kier molecular flexibility index (Phi) is 3.03. The molecule has 1 aliphatic heterocycles. The summed E-state index contributed by atoms with van der Waals surface area (Å²) in [5.41, 5.74) is 0. The van der Waals surface area contributed by atoms with Gasteiger partial charge in [0, 0.05) is 5.92 Å². The highest BCUT2D eigenvalue weighted by Gasteiger charge is 2.40. The first-order chi connectivity index (χ1) is 5.57. The summed E-state index contributed by atoms with van der Waals surface area (Å²) < 4.78 is 4.83. The van der Waals surface area contributed by atoms with Gasteiger partial charge in [-0.2, -0.15) is 0 Å². The van der Waals surface area contributed by atoms with E-state index in [2.05, 4.69) is 0 Å². The van der Waals surface area contributed by atoms with E-state index in [9.17, 15) is 10.2 Å². The number of rotatable bonds is 1. The van der Waals surface area contributed by atoms with E-state index in [1.54, 1.807) is 6.92 Å².